The number of aromatic nitrogens is 5. The van der Waals surface area contributed by atoms with Crippen LogP contribution in [0.1, 0.15) is 44.9 Å². The first-order valence-electron chi connectivity index (χ1n) is 8.75. The molecule has 25 heavy (non-hydrogen) atoms. The van der Waals surface area contributed by atoms with Crippen LogP contribution in [0.4, 0.5) is 0 Å². The summed E-state index contributed by atoms with van der Waals surface area (Å²) < 4.78 is 3.93. The van der Waals surface area contributed by atoms with Crippen LogP contribution in [0, 0.1) is 0 Å². The molecule has 1 unspecified atom stereocenters. The van der Waals surface area contributed by atoms with Crippen molar-refractivity contribution in [3.8, 4) is 0 Å². The molecule has 1 amide bonds. The maximum absolute atomic E-state index is 12.4. The molecule has 3 rings (SSSR count). The highest BCUT2D eigenvalue weighted by atomic mass is 16.1. The van der Waals surface area contributed by atoms with E-state index in [1.165, 1.54) is 6.33 Å². The van der Waals surface area contributed by atoms with Crippen LogP contribution in [0.3, 0.4) is 0 Å². The van der Waals surface area contributed by atoms with E-state index in [-0.39, 0.29) is 11.9 Å². The number of fused-ring (bicyclic) bond motifs is 1. The van der Waals surface area contributed by atoms with E-state index in [1.807, 2.05) is 38.1 Å². The molecule has 7 nitrogen and oxygen atoms in total. The standard InChI is InChI=1S/C18H24N6O/c1-4-16-22-14-8-6-7-9-15(14)23(16)11-10-17(25)21-13(3)18-19-12-20-24(18)5-2/h6-9,12-13H,4-5,10-11H2,1-3H3,(H,21,25). The van der Waals surface area contributed by atoms with Crippen molar-refractivity contribution in [1.29, 1.82) is 0 Å². The lowest BCUT2D eigenvalue weighted by Gasteiger charge is -2.14. The molecule has 0 aliphatic carbocycles. The molecule has 0 aliphatic heterocycles. The van der Waals surface area contributed by atoms with Crippen molar-refractivity contribution >= 4 is 16.9 Å². The number of amides is 1. The summed E-state index contributed by atoms with van der Waals surface area (Å²) in [5.74, 6) is 1.78. The largest absolute Gasteiger partial charge is 0.346 e. The number of aryl methyl sites for hydroxylation is 3. The van der Waals surface area contributed by atoms with Crippen LogP contribution in [0.15, 0.2) is 30.6 Å². The van der Waals surface area contributed by atoms with Gasteiger partial charge in [-0.25, -0.2) is 14.6 Å². The summed E-state index contributed by atoms with van der Waals surface area (Å²) in [6.07, 6.45) is 2.76. The molecule has 0 fully saturated rings. The van der Waals surface area contributed by atoms with Crippen molar-refractivity contribution in [2.45, 2.75) is 52.7 Å². The van der Waals surface area contributed by atoms with Gasteiger partial charge in [0.1, 0.15) is 18.0 Å². The Hall–Kier alpha value is -2.70. The Morgan fingerprint density at radius 1 is 1.28 bits per heavy atom. The number of imidazole rings is 1. The van der Waals surface area contributed by atoms with Gasteiger partial charge in [-0.05, 0) is 26.0 Å². The lowest BCUT2D eigenvalue weighted by atomic mass is 10.2. The molecule has 132 valence electrons. The van der Waals surface area contributed by atoms with Gasteiger partial charge in [-0.3, -0.25) is 4.79 Å². The molecule has 2 aromatic heterocycles. The average Bonchev–Trinajstić information content (AvgIpc) is 3.23. The van der Waals surface area contributed by atoms with Crippen LogP contribution < -0.4 is 5.32 Å². The molecule has 7 heteroatoms. The fraction of sp³-hybridized carbons (Fsp3) is 0.444. The normalized spacial score (nSPS) is 12.4. The average molecular weight is 340 g/mol. The number of rotatable bonds is 7. The van der Waals surface area contributed by atoms with Crippen molar-refractivity contribution in [3.05, 3.63) is 42.2 Å². The molecule has 3 aromatic rings. The summed E-state index contributed by atoms with van der Waals surface area (Å²) in [5, 5.41) is 7.16. The minimum atomic E-state index is -0.167. The second-order valence-electron chi connectivity index (χ2n) is 6.00. The lowest BCUT2D eigenvalue weighted by Crippen LogP contribution is -2.29. The highest BCUT2D eigenvalue weighted by Gasteiger charge is 2.16. The molecule has 0 radical (unpaired) electrons. The van der Waals surface area contributed by atoms with Crippen LogP contribution in [-0.4, -0.2) is 30.2 Å². The van der Waals surface area contributed by atoms with Crippen LogP contribution in [0.25, 0.3) is 11.0 Å². The van der Waals surface area contributed by atoms with Gasteiger partial charge in [-0.15, -0.1) is 0 Å². The minimum Gasteiger partial charge on any atom is -0.346 e. The van der Waals surface area contributed by atoms with E-state index in [4.69, 9.17) is 0 Å². The fourth-order valence-corrected chi connectivity index (χ4v) is 3.09. The van der Waals surface area contributed by atoms with Crippen molar-refractivity contribution in [2.75, 3.05) is 0 Å². The molecule has 0 saturated carbocycles. The van der Waals surface area contributed by atoms with Crippen molar-refractivity contribution in [3.63, 3.8) is 0 Å². The summed E-state index contributed by atoms with van der Waals surface area (Å²) in [6.45, 7) is 7.36. The maximum Gasteiger partial charge on any atom is 0.222 e. The van der Waals surface area contributed by atoms with E-state index in [2.05, 4.69) is 31.9 Å². The Kier molecular flexibility index (Phi) is 5.11. The third kappa shape index (κ3) is 3.55. The number of carbonyl (C=O) groups excluding carboxylic acids is 1. The number of hydrogen-bond acceptors (Lipinski definition) is 4. The number of carbonyl (C=O) groups is 1. The molecule has 2 heterocycles. The van der Waals surface area contributed by atoms with Crippen LogP contribution in [0.2, 0.25) is 0 Å². The quantitative estimate of drug-likeness (QED) is 0.717. The molecular weight excluding hydrogens is 316 g/mol. The zero-order valence-electron chi connectivity index (χ0n) is 14.9. The van der Waals surface area contributed by atoms with Crippen LogP contribution in [0.5, 0.6) is 0 Å². The smallest absolute Gasteiger partial charge is 0.222 e. The molecule has 0 aliphatic rings. The van der Waals surface area contributed by atoms with E-state index >= 15 is 0 Å². The van der Waals surface area contributed by atoms with Crippen molar-refractivity contribution < 1.29 is 4.79 Å². The van der Waals surface area contributed by atoms with Crippen LogP contribution in [-0.2, 0) is 24.3 Å². The highest BCUT2D eigenvalue weighted by Crippen LogP contribution is 2.17. The highest BCUT2D eigenvalue weighted by molar-refractivity contribution is 5.78. The van der Waals surface area contributed by atoms with Crippen molar-refractivity contribution in [2.24, 2.45) is 0 Å². The fourth-order valence-electron chi connectivity index (χ4n) is 3.09. The number of nitrogens with one attached hydrogen (secondary N) is 1. The summed E-state index contributed by atoms with van der Waals surface area (Å²) in [4.78, 5) is 21.3. The number of hydrogen-bond donors (Lipinski definition) is 1. The van der Waals surface area contributed by atoms with Gasteiger partial charge < -0.3 is 9.88 Å². The summed E-state index contributed by atoms with van der Waals surface area (Å²) in [6, 6.07) is 7.87. The predicted octanol–water partition coefficient (Wildman–Crippen LogP) is 2.48. The van der Waals surface area contributed by atoms with Crippen molar-refractivity contribution in [1.82, 2.24) is 29.6 Å². The van der Waals surface area contributed by atoms with E-state index in [9.17, 15) is 4.79 Å². The van der Waals surface area contributed by atoms with Gasteiger partial charge in [0.25, 0.3) is 0 Å². The van der Waals surface area contributed by atoms with Gasteiger partial charge in [0.15, 0.2) is 0 Å². The lowest BCUT2D eigenvalue weighted by molar-refractivity contribution is -0.122. The predicted molar refractivity (Wildman–Crippen MR) is 96.0 cm³/mol. The summed E-state index contributed by atoms with van der Waals surface area (Å²) in [7, 11) is 0. The Morgan fingerprint density at radius 2 is 2.08 bits per heavy atom. The third-order valence-corrected chi connectivity index (χ3v) is 4.32. The van der Waals surface area contributed by atoms with Gasteiger partial charge in [0.05, 0.1) is 17.1 Å². The second-order valence-corrected chi connectivity index (χ2v) is 6.00. The first-order valence-corrected chi connectivity index (χ1v) is 8.75. The van der Waals surface area contributed by atoms with Gasteiger partial charge in [0.2, 0.25) is 5.91 Å². The van der Waals surface area contributed by atoms with E-state index in [0.717, 1.165) is 35.6 Å². The van der Waals surface area contributed by atoms with E-state index < -0.39 is 0 Å². The van der Waals surface area contributed by atoms with E-state index in [0.29, 0.717) is 13.0 Å². The van der Waals surface area contributed by atoms with Crippen LogP contribution >= 0.6 is 0 Å². The van der Waals surface area contributed by atoms with E-state index in [1.54, 1.807) is 4.68 Å². The molecule has 0 saturated heterocycles. The molecule has 1 N–H and O–H groups in total. The summed E-state index contributed by atoms with van der Waals surface area (Å²) >= 11 is 0. The molecule has 1 atom stereocenters. The van der Waals surface area contributed by atoms with Gasteiger partial charge >= 0.3 is 0 Å². The number of nitrogens with zero attached hydrogens (tertiary/aromatic N) is 5. The first kappa shape index (κ1) is 17.1. The Labute approximate surface area is 147 Å². The molecular formula is C18H24N6O. The summed E-state index contributed by atoms with van der Waals surface area (Å²) in [5.41, 5.74) is 2.05. The molecule has 1 aromatic carbocycles. The molecule has 0 spiro atoms. The SMILES string of the molecule is CCc1nc2ccccc2n1CCC(=O)NC(C)c1ncnn1CC. The zero-order chi connectivity index (χ0) is 17.8. The second kappa shape index (κ2) is 7.46. The Bertz CT molecular complexity index is 865. The number of benzene rings is 1. The minimum absolute atomic E-state index is 0.00186. The van der Waals surface area contributed by atoms with Gasteiger partial charge in [0, 0.05) is 25.9 Å². The topological polar surface area (TPSA) is 77.6 Å². The molecule has 0 bridgehead atoms. The number of para-hydroxylation sites is 2. The maximum atomic E-state index is 12.4. The third-order valence-electron chi connectivity index (χ3n) is 4.32. The zero-order valence-corrected chi connectivity index (χ0v) is 14.9. The van der Waals surface area contributed by atoms with Gasteiger partial charge in [-0.1, -0.05) is 19.1 Å². The Balaban J connectivity index is 1.67. The Morgan fingerprint density at radius 3 is 2.84 bits per heavy atom. The van der Waals surface area contributed by atoms with Gasteiger partial charge in [-0.2, -0.15) is 5.10 Å². The monoisotopic (exact) mass is 340 g/mol. The first-order chi connectivity index (χ1) is 12.1.